The minimum atomic E-state index is -0.211. The van der Waals surface area contributed by atoms with Crippen LogP contribution < -0.4 is 5.43 Å². The van der Waals surface area contributed by atoms with Crippen molar-refractivity contribution in [2.75, 3.05) is 12.0 Å². The Labute approximate surface area is 198 Å². The van der Waals surface area contributed by atoms with Crippen molar-refractivity contribution >= 4 is 51.6 Å². The molecule has 0 radical (unpaired) electrons. The van der Waals surface area contributed by atoms with Crippen LogP contribution >= 0.6 is 39.5 Å². The average molecular weight is 516 g/mol. The number of thioether (sulfide) groups is 2. The molecule has 0 fully saturated rings. The number of benzene rings is 2. The van der Waals surface area contributed by atoms with Gasteiger partial charge in [0.25, 0.3) is 5.91 Å². The topological polar surface area (TPSA) is 72.2 Å². The number of allylic oxidation sites excluding steroid dienone is 1. The number of hydrazone groups is 1. The number of hydrogen-bond acceptors (Lipinski definition) is 6. The lowest BCUT2D eigenvalue weighted by molar-refractivity contribution is -0.118. The first kappa shape index (κ1) is 23.3. The molecule has 6 nitrogen and oxygen atoms in total. The van der Waals surface area contributed by atoms with E-state index >= 15 is 0 Å². The first-order valence-electron chi connectivity index (χ1n) is 9.38. The van der Waals surface area contributed by atoms with Gasteiger partial charge in [-0.1, -0.05) is 64.1 Å². The SMILES string of the molecule is C=C(C)Cn1c(SCC(=O)N/N=C/c2ccc(SC)cc2)nnc1-c1ccc(Br)cc1. The fraction of sp³-hybridized carbons (Fsp3) is 0.182. The predicted molar refractivity (Wildman–Crippen MR) is 133 cm³/mol. The zero-order valence-electron chi connectivity index (χ0n) is 17.2. The minimum Gasteiger partial charge on any atom is -0.298 e. The van der Waals surface area contributed by atoms with Crippen molar-refractivity contribution in [2.24, 2.45) is 5.10 Å². The lowest BCUT2D eigenvalue weighted by Crippen LogP contribution is -2.20. The molecule has 0 saturated carbocycles. The molecule has 3 rings (SSSR count). The summed E-state index contributed by atoms with van der Waals surface area (Å²) in [6, 6.07) is 15.8. The summed E-state index contributed by atoms with van der Waals surface area (Å²) < 4.78 is 2.97. The van der Waals surface area contributed by atoms with E-state index in [0.29, 0.717) is 11.7 Å². The normalized spacial score (nSPS) is 11.1. The number of rotatable bonds is 9. The van der Waals surface area contributed by atoms with Crippen LogP contribution in [-0.4, -0.2) is 38.9 Å². The quantitative estimate of drug-likeness (QED) is 0.182. The smallest absolute Gasteiger partial charge is 0.250 e. The Morgan fingerprint density at radius 1 is 1.19 bits per heavy atom. The fourth-order valence-corrected chi connectivity index (χ4v) is 4.05. The van der Waals surface area contributed by atoms with Gasteiger partial charge in [0, 0.05) is 21.5 Å². The molecule has 3 aromatic rings. The van der Waals surface area contributed by atoms with Gasteiger partial charge in [-0.3, -0.25) is 9.36 Å². The van der Waals surface area contributed by atoms with Crippen LogP contribution in [0, 0.1) is 0 Å². The molecule has 0 unspecified atom stereocenters. The standard InChI is InChI=1S/C22H22BrN5OS2/c1-15(2)13-28-21(17-6-8-18(23)9-7-17)26-27-22(28)31-14-20(29)25-24-12-16-4-10-19(30-3)11-5-16/h4-12H,1,13-14H2,2-3H3,(H,25,29)/b24-12+. The van der Waals surface area contributed by atoms with Crippen LogP contribution in [-0.2, 0) is 11.3 Å². The van der Waals surface area contributed by atoms with Gasteiger partial charge >= 0.3 is 0 Å². The van der Waals surface area contributed by atoms with Crippen LogP contribution in [0.5, 0.6) is 0 Å². The Morgan fingerprint density at radius 2 is 1.90 bits per heavy atom. The van der Waals surface area contributed by atoms with Gasteiger partial charge in [0.05, 0.1) is 12.0 Å². The van der Waals surface area contributed by atoms with Crippen molar-refractivity contribution in [2.45, 2.75) is 23.5 Å². The van der Waals surface area contributed by atoms with Gasteiger partial charge in [0.15, 0.2) is 11.0 Å². The second kappa shape index (κ2) is 11.3. The Hall–Kier alpha value is -2.36. The van der Waals surface area contributed by atoms with E-state index in [0.717, 1.165) is 27.0 Å². The van der Waals surface area contributed by atoms with Crippen molar-refractivity contribution in [3.8, 4) is 11.4 Å². The number of aromatic nitrogens is 3. The molecule has 2 aromatic carbocycles. The molecular weight excluding hydrogens is 494 g/mol. The lowest BCUT2D eigenvalue weighted by atomic mass is 10.2. The predicted octanol–water partition coefficient (Wildman–Crippen LogP) is 5.25. The van der Waals surface area contributed by atoms with Crippen LogP contribution in [0.3, 0.4) is 0 Å². The number of nitrogens with one attached hydrogen (secondary N) is 1. The second-order valence-corrected chi connectivity index (χ2v) is 9.45. The van der Waals surface area contributed by atoms with Crippen molar-refractivity contribution in [1.82, 2.24) is 20.2 Å². The summed E-state index contributed by atoms with van der Waals surface area (Å²) in [7, 11) is 0. The van der Waals surface area contributed by atoms with Crippen molar-refractivity contribution in [3.63, 3.8) is 0 Å². The maximum Gasteiger partial charge on any atom is 0.250 e. The molecule has 0 aliphatic heterocycles. The van der Waals surface area contributed by atoms with E-state index in [2.05, 4.69) is 43.2 Å². The van der Waals surface area contributed by atoms with Crippen molar-refractivity contribution in [3.05, 3.63) is 70.7 Å². The Kier molecular flexibility index (Phi) is 8.51. The molecule has 0 aliphatic rings. The molecule has 160 valence electrons. The summed E-state index contributed by atoms with van der Waals surface area (Å²) in [6.07, 6.45) is 3.65. The summed E-state index contributed by atoms with van der Waals surface area (Å²) in [4.78, 5) is 13.4. The highest BCUT2D eigenvalue weighted by atomic mass is 79.9. The number of amides is 1. The van der Waals surface area contributed by atoms with E-state index < -0.39 is 0 Å². The lowest BCUT2D eigenvalue weighted by Gasteiger charge is -2.10. The minimum absolute atomic E-state index is 0.178. The van der Waals surface area contributed by atoms with E-state index in [1.807, 2.05) is 66.3 Å². The van der Waals surface area contributed by atoms with Gasteiger partial charge < -0.3 is 0 Å². The number of hydrogen-bond donors (Lipinski definition) is 1. The highest BCUT2D eigenvalue weighted by Crippen LogP contribution is 2.26. The summed E-state index contributed by atoms with van der Waals surface area (Å²) in [5.74, 6) is 0.708. The first-order valence-corrected chi connectivity index (χ1v) is 12.4. The monoisotopic (exact) mass is 515 g/mol. The molecule has 1 N–H and O–H groups in total. The summed E-state index contributed by atoms with van der Waals surface area (Å²) in [6.45, 7) is 6.53. The third-order valence-corrected chi connectivity index (χ3v) is 6.34. The molecule has 31 heavy (non-hydrogen) atoms. The van der Waals surface area contributed by atoms with Gasteiger partial charge in [-0.05, 0) is 43.0 Å². The summed E-state index contributed by atoms with van der Waals surface area (Å²) in [5.41, 5.74) is 5.40. The van der Waals surface area contributed by atoms with Gasteiger partial charge in [0.1, 0.15) is 0 Å². The molecule has 1 aromatic heterocycles. The number of halogens is 1. The number of carbonyl (C=O) groups is 1. The largest absolute Gasteiger partial charge is 0.298 e. The van der Waals surface area contributed by atoms with Gasteiger partial charge in [-0.25, -0.2) is 5.43 Å². The Bertz CT molecular complexity index is 1080. The Balaban J connectivity index is 1.63. The maximum atomic E-state index is 12.2. The highest BCUT2D eigenvalue weighted by molar-refractivity contribution is 9.10. The molecule has 0 bridgehead atoms. The van der Waals surface area contributed by atoms with Crippen LogP contribution in [0.25, 0.3) is 11.4 Å². The molecule has 1 heterocycles. The third-order valence-electron chi connectivity index (χ3n) is 4.10. The van der Waals surface area contributed by atoms with E-state index in [4.69, 9.17) is 0 Å². The third kappa shape index (κ3) is 6.81. The van der Waals surface area contributed by atoms with Crippen LogP contribution in [0.1, 0.15) is 12.5 Å². The zero-order valence-corrected chi connectivity index (χ0v) is 20.4. The molecule has 9 heteroatoms. The van der Waals surface area contributed by atoms with Gasteiger partial charge in [0.2, 0.25) is 0 Å². The molecule has 0 atom stereocenters. The fourth-order valence-electron chi connectivity index (χ4n) is 2.65. The summed E-state index contributed by atoms with van der Waals surface area (Å²) in [5, 5.41) is 13.3. The van der Waals surface area contributed by atoms with E-state index in [1.54, 1.807) is 18.0 Å². The van der Waals surface area contributed by atoms with Crippen molar-refractivity contribution in [1.29, 1.82) is 0 Å². The molecule has 0 aliphatic carbocycles. The Morgan fingerprint density at radius 3 is 2.55 bits per heavy atom. The van der Waals surface area contributed by atoms with Crippen LogP contribution in [0.15, 0.2) is 80.3 Å². The maximum absolute atomic E-state index is 12.2. The molecule has 0 spiro atoms. The van der Waals surface area contributed by atoms with Gasteiger partial charge in [-0.15, -0.1) is 22.0 Å². The number of nitrogens with zero attached hydrogens (tertiary/aromatic N) is 4. The van der Waals surface area contributed by atoms with E-state index in [9.17, 15) is 4.79 Å². The summed E-state index contributed by atoms with van der Waals surface area (Å²) >= 11 is 6.44. The average Bonchev–Trinajstić information content (AvgIpc) is 3.15. The second-order valence-electron chi connectivity index (χ2n) is 6.71. The molecular formula is C22H22BrN5OS2. The highest BCUT2D eigenvalue weighted by Gasteiger charge is 2.15. The van der Waals surface area contributed by atoms with E-state index in [-0.39, 0.29) is 11.7 Å². The molecule has 0 saturated heterocycles. The van der Waals surface area contributed by atoms with E-state index in [1.165, 1.54) is 16.7 Å². The van der Waals surface area contributed by atoms with Crippen LogP contribution in [0.4, 0.5) is 0 Å². The van der Waals surface area contributed by atoms with Crippen LogP contribution in [0.2, 0.25) is 0 Å². The van der Waals surface area contributed by atoms with Gasteiger partial charge in [-0.2, -0.15) is 5.10 Å². The molecule has 1 amide bonds. The first-order chi connectivity index (χ1) is 15.0. The zero-order chi connectivity index (χ0) is 22.2. The van der Waals surface area contributed by atoms with Crippen molar-refractivity contribution < 1.29 is 4.79 Å². The number of carbonyl (C=O) groups excluding carboxylic acids is 1.